The van der Waals surface area contributed by atoms with Crippen LogP contribution in [0, 0.1) is 5.82 Å². The Bertz CT molecular complexity index is 1450. The van der Waals surface area contributed by atoms with Crippen LogP contribution in [-0.4, -0.2) is 49.4 Å². The van der Waals surface area contributed by atoms with Gasteiger partial charge in [0.05, 0.1) is 17.2 Å². The Hall–Kier alpha value is -3.37. The molecule has 0 heterocycles. The molecule has 0 aromatic heterocycles. The zero-order valence-electron chi connectivity index (χ0n) is 25.1. The summed E-state index contributed by atoms with van der Waals surface area (Å²) in [5.41, 5.74) is 2.03. The number of hydrogen-bond donors (Lipinski definition) is 1. The number of aliphatic hydroxyl groups excluding tert-OH is 1. The molecule has 0 saturated heterocycles. The quantitative estimate of drug-likeness (QED) is 0.0634. The smallest absolute Gasteiger partial charge is 0.417 e. The second-order valence-corrected chi connectivity index (χ2v) is 11.3. The van der Waals surface area contributed by atoms with Gasteiger partial charge in [0.25, 0.3) is 0 Å². The Labute approximate surface area is 271 Å². The first kappa shape index (κ1) is 36.1. The van der Waals surface area contributed by atoms with Crippen molar-refractivity contribution in [3.8, 4) is 5.75 Å². The fourth-order valence-electron chi connectivity index (χ4n) is 5.04. The Morgan fingerprint density at radius 3 is 2.13 bits per heavy atom. The van der Waals surface area contributed by atoms with Gasteiger partial charge in [-0.3, -0.25) is 4.90 Å². The zero-order chi connectivity index (χ0) is 32.8. The van der Waals surface area contributed by atoms with E-state index >= 15 is 0 Å². The van der Waals surface area contributed by atoms with E-state index in [1.54, 1.807) is 18.4 Å². The molecule has 0 aliphatic carbocycles. The number of benzene rings is 4. The lowest BCUT2D eigenvalue weighted by Gasteiger charge is -2.29. The molecule has 4 nitrogen and oxygen atoms in total. The minimum absolute atomic E-state index is 0.0145. The number of ether oxygens (including phenoxy) is 1. The standard InChI is InChI=1S/C34H32ClF4NO2S.CH4O/c1-43-32-21-27(20-31(36)28(32)16-18-41)42-19-9-17-40(22-26-14-8-15-30(33(26)35)34(37,38)39)23-29(24-10-4-2-5-11-24)25-12-6-3-7-13-25;1-2/h2-8,10-15,18,20-21,29H,9,16-17,19,22-23H2,1H3;2H,1H3. The molecular formula is C35H36ClF4NO3S. The topological polar surface area (TPSA) is 49.8 Å². The van der Waals surface area contributed by atoms with Gasteiger partial charge in [0.2, 0.25) is 0 Å². The average Bonchev–Trinajstić information content (AvgIpc) is 3.05. The van der Waals surface area contributed by atoms with Gasteiger partial charge in [-0.15, -0.1) is 11.8 Å². The second kappa shape index (κ2) is 17.9. The number of aldehydes is 1. The second-order valence-electron chi connectivity index (χ2n) is 10.0. The molecule has 240 valence electrons. The molecule has 45 heavy (non-hydrogen) atoms. The van der Waals surface area contributed by atoms with Gasteiger partial charge in [0.15, 0.2) is 0 Å². The number of hydrogen-bond acceptors (Lipinski definition) is 5. The number of thioether (sulfide) groups is 1. The van der Waals surface area contributed by atoms with Crippen LogP contribution in [-0.2, 0) is 23.9 Å². The van der Waals surface area contributed by atoms with Crippen molar-refractivity contribution >= 4 is 29.6 Å². The maximum Gasteiger partial charge on any atom is 0.417 e. The number of aliphatic hydroxyl groups is 1. The zero-order valence-corrected chi connectivity index (χ0v) is 26.6. The molecular weight excluding hydrogens is 626 g/mol. The maximum atomic E-state index is 14.6. The van der Waals surface area contributed by atoms with Crippen LogP contribution in [0.5, 0.6) is 5.75 Å². The number of alkyl halides is 3. The minimum atomic E-state index is -4.56. The predicted molar refractivity (Wildman–Crippen MR) is 173 cm³/mol. The fourth-order valence-corrected chi connectivity index (χ4v) is 6.00. The van der Waals surface area contributed by atoms with Crippen LogP contribution in [0.4, 0.5) is 17.6 Å². The van der Waals surface area contributed by atoms with Crippen LogP contribution in [0.3, 0.4) is 0 Å². The van der Waals surface area contributed by atoms with Crippen LogP contribution in [0.2, 0.25) is 5.02 Å². The summed E-state index contributed by atoms with van der Waals surface area (Å²) in [6.45, 7) is 1.47. The lowest BCUT2D eigenvalue weighted by atomic mass is 9.90. The van der Waals surface area contributed by atoms with Gasteiger partial charge in [-0.25, -0.2) is 4.39 Å². The van der Waals surface area contributed by atoms with Crippen molar-refractivity contribution in [3.63, 3.8) is 0 Å². The molecule has 0 amide bonds. The van der Waals surface area contributed by atoms with E-state index in [1.807, 2.05) is 60.7 Å². The predicted octanol–water partition coefficient (Wildman–Crippen LogP) is 8.67. The van der Waals surface area contributed by atoms with E-state index in [9.17, 15) is 22.4 Å². The van der Waals surface area contributed by atoms with Crippen molar-refractivity contribution in [2.24, 2.45) is 0 Å². The third kappa shape index (κ3) is 10.3. The molecule has 1 N–H and O–H groups in total. The van der Waals surface area contributed by atoms with E-state index in [4.69, 9.17) is 21.4 Å². The molecule has 0 unspecified atom stereocenters. The fraction of sp³-hybridized carbons (Fsp3) is 0.286. The van der Waals surface area contributed by atoms with Crippen molar-refractivity contribution in [2.45, 2.75) is 36.4 Å². The van der Waals surface area contributed by atoms with Gasteiger partial charge in [0, 0.05) is 55.6 Å². The van der Waals surface area contributed by atoms with E-state index < -0.39 is 17.6 Å². The average molecular weight is 662 g/mol. The largest absolute Gasteiger partial charge is 0.493 e. The minimum Gasteiger partial charge on any atom is -0.493 e. The van der Waals surface area contributed by atoms with Crippen molar-refractivity contribution in [1.82, 2.24) is 4.90 Å². The molecule has 10 heteroatoms. The normalized spacial score (nSPS) is 11.3. The van der Waals surface area contributed by atoms with Crippen LogP contribution in [0.25, 0.3) is 0 Å². The van der Waals surface area contributed by atoms with Crippen molar-refractivity contribution in [2.75, 3.05) is 33.1 Å². The molecule has 0 radical (unpaired) electrons. The van der Waals surface area contributed by atoms with Gasteiger partial charge >= 0.3 is 6.18 Å². The molecule has 4 rings (SSSR count). The van der Waals surface area contributed by atoms with Crippen molar-refractivity contribution in [1.29, 1.82) is 0 Å². The highest BCUT2D eigenvalue weighted by atomic mass is 35.5. The van der Waals surface area contributed by atoms with E-state index in [-0.39, 0.29) is 30.5 Å². The van der Waals surface area contributed by atoms with Crippen molar-refractivity contribution < 1.29 is 32.2 Å². The van der Waals surface area contributed by atoms with E-state index in [0.717, 1.165) is 24.3 Å². The molecule has 0 saturated carbocycles. The highest BCUT2D eigenvalue weighted by Gasteiger charge is 2.34. The highest BCUT2D eigenvalue weighted by Crippen LogP contribution is 2.37. The monoisotopic (exact) mass is 661 g/mol. The SMILES string of the molecule is CO.CSc1cc(OCCCN(Cc2cccc(C(F)(F)F)c2Cl)CC(c2ccccc2)c2ccccc2)cc(F)c1CC=O. The third-order valence-electron chi connectivity index (χ3n) is 7.15. The van der Waals surface area contributed by atoms with Gasteiger partial charge in [-0.1, -0.05) is 84.4 Å². The molecule has 0 bridgehead atoms. The molecule has 0 aliphatic heterocycles. The number of nitrogens with zero attached hydrogens (tertiary/aromatic N) is 1. The Morgan fingerprint density at radius 2 is 1.58 bits per heavy atom. The Balaban J connectivity index is 0.00000271. The van der Waals surface area contributed by atoms with Crippen LogP contribution < -0.4 is 4.74 Å². The van der Waals surface area contributed by atoms with Gasteiger partial charge < -0.3 is 14.6 Å². The number of carbonyl (C=O) groups is 1. The lowest BCUT2D eigenvalue weighted by Crippen LogP contribution is -2.31. The van der Waals surface area contributed by atoms with Gasteiger partial charge in [-0.05, 0) is 41.5 Å². The summed E-state index contributed by atoms with van der Waals surface area (Å²) in [5.74, 6) is -0.185. The number of carbonyl (C=O) groups excluding carboxylic acids is 1. The summed E-state index contributed by atoms with van der Waals surface area (Å²) in [6, 6.07) is 26.9. The van der Waals surface area contributed by atoms with E-state index in [0.29, 0.717) is 47.6 Å². The van der Waals surface area contributed by atoms with Crippen molar-refractivity contribution in [3.05, 3.63) is 130 Å². The maximum absolute atomic E-state index is 14.6. The van der Waals surface area contributed by atoms with Crippen LogP contribution in [0.1, 0.15) is 40.2 Å². The first-order valence-corrected chi connectivity index (χ1v) is 15.9. The van der Waals surface area contributed by atoms with Crippen LogP contribution in [0.15, 0.2) is 95.9 Å². The van der Waals surface area contributed by atoms with E-state index in [1.165, 1.54) is 23.9 Å². The van der Waals surface area contributed by atoms with Crippen LogP contribution >= 0.6 is 23.4 Å². The Morgan fingerprint density at radius 1 is 0.956 bits per heavy atom. The molecule has 4 aromatic rings. The number of rotatable bonds is 14. The summed E-state index contributed by atoms with van der Waals surface area (Å²) < 4.78 is 61.4. The molecule has 0 atom stereocenters. The van der Waals surface area contributed by atoms with Gasteiger partial charge in [0.1, 0.15) is 17.9 Å². The number of halogens is 5. The molecule has 0 aliphatic rings. The lowest BCUT2D eigenvalue weighted by molar-refractivity contribution is -0.137. The molecule has 0 spiro atoms. The first-order chi connectivity index (χ1) is 21.7. The van der Waals surface area contributed by atoms with Gasteiger partial charge in [-0.2, -0.15) is 13.2 Å². The first-order valence-electron chi connectivity index (χ1n) is 14.3. The summed E-state index contributed by atoms with van der Waals surface area (Å²) in [5, 5.41) is 6.70. The Kier molecular flexibility index (Phi) is 14.4. The highest BCUT2D eigenvalue weighted by molar-refractivity contribution is 7.98. The van der Waals surface area contributed by atoms with E-state index in [2.05, 4.69) is 4.90 Å². The summed E-state index contributed by atoms with van der Waals surface area (Å²) in [4.78, 5) is 13.7. The summed E-state index contributed by atoms with van der Waals surface area (Å²) in [7, 11) is 1.00. The molecule has 4 aromatic carbocycles. The third-order valence-corrected chi connectivity index (χ3v) is 8.40. The molecule has 0 fully saturated rings. The summed E-state index contributed by atoms with van der Waals surface area (Å²) >= 11 is 7.63. The summed E-state index contributed by atoms with van der Waals surface area (Å²) in [6.07, 6.45) is -1.57.